The minimum absolute atomic E-state index is 0.392. The Morgan fingerprint density at radius 1 is 1.21 bits per heavy atom. The van der Waals surface area contributed by atoms with Crippen LogP contribution in [0.3, 0.4) is 0 Å². The highest BCUT2D eigenvalue weighted by atomic mass is 15.5. The van der Waals surface area contributed by atoms with Crippen molar-refractivity contribution in [2.75, 3.05) is 5.43 Å². The predicted molar refractivity (Wildman–Crippen MR) is 73.2 cm³/mol. The molecule has 2 N–H and O–H groups in total. The van der Waals surface area contributed by atoms with Crippen LogP contribution in [0, 0.1) is 13.8 Å². The highest BCUT2D eigenvalue weighted by Gasteiger charge is 2.16. The van der Waals surface area contributed by atoms with Crippen LogP contribution in [0.2, 0.25) is 0 Å². The van der Waals surface area contributed by atoms with Gasteiger partial charge in [-0.1, -0.05) is 11.2 Å². The van der Waals surface area contributed by atoms with Gasteiger partial charge < -0.3 is 0 Å². The lowest BCUT2D eigenvalue weighted by Crippen LogP contribution is -2.14. The predicted octanol–water partition coefficient (Wildman–Crippen LogP) is 1.97. The lowest BCUT2D eigenvalue weighted by molar-refractivity contribution is 0.834. The molecule has 1 aromatic carbocycles. The summed E-state index contributed by atoms with van der Waals surface area (Å²) >= 11 is 0. The summed E-state index contributed by atoms with van der Waals surface area (Å²) in [4.78, 5) is 0. The molecular formula is C13H16N6. The SMILES string of the molecule is Cc1cc2c(cc1C)C(=NNc1nn[nH]n1)CCC2. The molecule has 3 rings (SSSR count). The average molecular weight is 256 g/mol. The molecule has 1 aromatic heterocycles. The number of fused-ring (bicyclic) bond motifs is 1. The highest BCUT2D eigenvalue weighted by Crippen LogP contribution is 2.25. The molecule has 2 aromatic rings. The Morgan fingerprint density at radius 3 is 2.84 bits per heavy atom. The van der Waals surface area contributed by atoms with Gasteiger partial charge in [-0.05, 0) is 61.1 Å². The molecular weight excluding hydrogens is 240 g/mol. The summed E-state index contributed by atoms with van der Waals surface area (Å²) in [5.41, 5.74) is 9.16. The van der Waals surface area contributed by atoms with E-state index in [2.05, 4.69) is 57.1 Å². The number of hydrogen-bond donors (Lipinski definition) is 2. The first-order valence-electron chi connectivity index (χ1n) is 6.40. The number of rotatable bonds is 2. The van der Waals surface area contributed by atoms with Crippen molar-refractivity contribution in [1.82, 2.24) is 20.6 Å². The van der Waals surface area contributed by atoms with Crippen LogP contribution in [-0.2, 0) is 6.42 Å². The quantitative estimate of drug-likeness (QED) is 0.805. The first-order valence-corrected chi connectivity index (χ1v) is 6.40. The molecule has 19 heavy (non-hydrogen) atoms. The van der Waals surface area contributed by atoms with E-state index in [0.29, 0.717) is 5.95 Å². The van der Waals surface area contributed by atoms with E-state index in [9.17, 15) is 0 Å². The maximum Gasteiger partial charge on any atom is 0.283 e. The largest absolute Gasteiger partial charge is 0.283 e. The number of aryl methyl sites for hydroxylation is 3. The topological polar surface area (TPSA) is 78.9 Å². The monoisotopic (exact) mass is 256 g/mol. The van der Waals surface area contributed by atoms with Crippen LogP contribution in [-0.4, -0.2) is 26.3 Å². The Balaban J connectivity index is 1.93. The van der Waals surface area contributed by atoms with Gasteiger partial charge in [0.2, 0.25) is 0 Å². The van der Waals surface area contributed by atoms with Crippen molar-refractivity contribution in [2.45, 2.75) is 33.1 Å². The van der Waals surface area contributed by atoms with Gasteiger partial charge in [0, 0.05) is 5.56 Å². The van der Waals surface area contributed by atoms with E-state index in [-0.39, 0.29) is 0 Å². The molecule has 1 aliphatic rings. The average Bonchev–Trinajstić information content (AvgIpc) is 2.91. The number of nitrogens with one attached hydrogen (secondary N) is 2. The molecule has 1 heterocycles. The molecule has 6 heteroatoms. The van der Waals surface area contributed by atoms with Gasteiger partial charge in [0.25, 0.3) is 5.95 Å². The number of hydrazone groups is 1. The third-order valence-corrected chi connectivity index (χ3v) is 3.53. The lowest BCUT2D eigenvalue weighted by atomic mass is 9.87. The summed E-state index contributed by atoms with van der Waals surface area (Å²) < 4.78 is 0. The van der Waals surface area contributed by atoms with Crippen molar-refractivity contribution in [3.63, 3.8) is 0 Å². The summed E-state index contributed by atoms with van der Waals surface area (Å²) in [5.74, 6) is 0.392. The number of aromatic nitrogens is 4. The minimum atomic E-state index is 0.392. The van der Waals surface area contributed by atoms with Crippen molar-refractivity contribution in [1.29, 1.82) is 0 Å². The smallest absolute Gasteiger partial charge is 0.242 e. The van der Waals surface area contributed by atoms with Crippen molar-refractivity contribution < 1.29 is 0 Å². The zero-order valence-corrected chi connectivity index (χ0v) is 11.1. The molecule has 0 fully saturated rings. The second-order valence-electron chi connectivity index (χ2n) is 4.85. The summed E-state index contributed by atoms with van der Waals surface area (Å²) in [5, 5.41) is 17.9. The Labute approximate surface area is 111 Å². The Hall–Kier alpha value is -2.24. The molecule has 0 atom stereocenters. The molecule has 0 radical (unpaired) electrons. The van der Waals surface area contributed by atoms with E-state index < -0.39 is 0 Å². The molecule has 0 bridgehead atoms. The van der Waals surface area contributed by atoms with Crippen LogP contribution in [0.4, 0.5) is 5.95 Å². The molecule has 0 spiro atoms. The Kier molecular flexibility index (Phi) is 2.98. The van der Waals surface area contributed by atoms with Gasteiger partial charge in [0.15, 0.2) is 0 Å². The fraction of sp³-hybridized carbons (Fsp3) is 0.385. The van der Waals surface area contributed by atoms with Crippen LogP contribution >= 0.6 is 0 Å². The maximum absolute atomic E-state index is 4.42. The third kappa shape index (κ3) is 2.33. The zero-order valence-electron chi connectivity index (χ0n) is 11.1. The molecule has 0 unspecified atom stereocenters. The number of aromatic amines is 1. The summed E-state index contributed by atoms with van der Waals surface area (Å²) in [6.45, 7) is 4.28. The molecule has 1 aliphatic carbocycles. The zero-order chi connectivity index (χ0) is 13.2. The first kappa shape index (κ1) is 11.8. The van der Waals surface area contributed by atoms with Crippen LogP contribution in [0.25, 0.3) is 0 Å². The number of H-pyrrole nitrogens is 1. The van der Waals surface area contributed by atoms with Gasteiger partial charge in [-0.15, -0.1) is 5.10 Å². The number of benzene rings is 1. The number of anilines is 1. The van der Waals surface area contributed by atoms with E-state index in [4.69, 9.17) is 0 Å². The van der Waals surface area contributed by atoms with E-state index in [1.54, 1.807) is 0 Å². The molecule has 0 saturated carbocycles. The van der Waals surface area contributed by atoms with E-state index in [0.717, 1.165) is 25.0 Å². The fourth-order valence-electron chi connectivity index (χ4n) is 2.38. The van der Waals surface area contributed by atoms with Crippen LogP contribution in [0.15, 0.2) is 17.2 Å². The van der Waals surface area contributed by atoms with Gasteiger partial charge in [-0.3, -0.25) is 0 Å². The van der Waals surface area contributed by atoms with Gasteiger partial charge >= 0.3 is 0 Å². The first-order chi connectivity index (χ1) is 9.24. The number of nitrogens with zero attached hydrogens (tertiary/aromatic N) is 4. The van der Waals surface area contributed by atoms with Crippen LogP contribution in [0.1, 0.15) is 35.1 Å². The van der Waals surface area contributed by atoms with Crippen molar-refractivity contribution in [3.05, 3.63) is 34.4 Å². The van der Waals surface area contributed by atoms with Gasteiger partial charge in [-0.2, -0.15) is 10.3 Å². The second-order valence-corrected chi connectivity index (χ2v) is 4.85. The maximum atomic E-state index is 4.42. The normalized spacial score (nSPS) is 16.4. The molecule has 6 nitrogen and oxygen atoms in total. The second kappa shape index (κ2) is 4.79. The lowest BCUT2D eigenvalue weighted by Gasteiger charge is -2.19. The minimum Gasteiger partial charge on any atom is -0.242 e. The molecule has 0 amide bonds. The molecule has 98 valence electrons. The summed E-state index contributed by atoms with van der Waals surface area (Å²) in [6, 6.07) is 4.49. The van der Waals surface area contributed by atoms with E-state index >= 15 is 0 Å². The van der Waals surface area contributed by atoms with Gasteiger partial charge in [0.1, 0.15) is 0 Å². The number of hydrogen-bond acceptors (Lipinski definition) is 5. The summed E-state index contributed by atoms with van der Waals surface area (Å²) in [7, 11) is 0. The van der Waals surface area contributed by atoms with E-state index in [1.165, 1.54) is 22.3 Å². The van der Waals surface area contributed by atoms with Gasteiger partial charge in [-0.25, -0.2) is 5.43 Å². The number of tetrazole rings is 1. The van der Waals surface area contributed by atoms with Gasteiger partial charge in [0.05, 0.1) is 5.71 Å². The van der Waals surface area contributed by atoms with Crippen molar-refractivity contribution >= 4 is 11.7 Å². The third-order valence-electron chi connectivity index (χ3n) is 3.53. The van der Waals surface area contributed by atoms with Crippen molar-refractivity contribution in [2.24, 2.45) is 5.10 Å². The molecule has 0 aliphatic heterocycles. The standard InChI is InChI=1S/C13H16N6/c1-8-6-10-4-3-5-12(11(10)7-9(8)2)14-15-13-16-18-19-17-13/h6-7H,3-5H2,1-2H3,(H2,15,16,17,18,19). The van der Waals surface area contributed by atoms with Crippen LogP contribution in [0.5, 0.6) is 0 Å². The Morgan fingerprint density at radius 2 is 2.05 bits per heavy atom. The Bertz CT molecular complexity index is 614. The highest BCUT2D eigenvalue weighted by molar-refractivity contribution is 6.03. The molecule has 0 saturated heterocycles. The van der Waals surface area contributed by atoms with Crippen LogP contribution < -0.4 is 5.43 Å². The van der Waals surface area contributed by atoms with Crippen molar-refractivity contribution in [3.8, 4) is 0 Å². The summed E-state index contributed by atoms with van der Waals surface area (Å²) in [6.07, 6.45) is 3.22. The fourth-order valence-corrected chi connectivity index (χ4v) is 2.38. The van der Waals surface area contributed by atoms with E-state index in [1.807, 2.05) is 0 Å².